The van der Waals surface area contributed by atoms with Crippen LogP contribution in [0.5, 0.6) is 5.75 Å². The lowest BCUT2D eigenvalue weighted by Crippen LogP contribution is -2.28. The smallest absolute Gasteiger partial charge is 0.311 e. The van der Waals surface area contributed by atoms with Crippen molar-refractivity contribution in [3.8, 4) is 5.75 Å². The van der Waals surface area contributed by atoms with Crippen LogP contribution in [0.15, 0.2) is 42.5 Å². The highest BCUT2D eigenvalue weighted by molar-refractivity contribution is 6.01. The van der Waals surface area contributed by atoms with E-state index >= 15 is 0 Å². The maximum absolute atomic E-state index is 12.4. The van der Waals surface area contributed by atoms with E-state index in [1.54, 1.807) is 12.1 Å². The van der Waals surface area contributed by atoms with Crippen molar-refractivity contribution in [3.05, 3.63) is 58.1 Å². The highest BCUT2D eigenvalue weighted by atomic mass is 16.6. The number of nitro benzene ring substituents is 1. The van der Waals surface area contributed by atoms with E-state index in [9.17, 15) is 24.5 Å². The van der Waals surface area contributed by atoms with E-state index in [0.29, 0.717) is 11.4 Å². The summed E-state index contributed by atoms with van der Waals surface area (Å²) in [5.41, 5.74) is 1.64. The first-order valence-electron chi connectivity index (χ1n) is 9.45. The molecular formula is C21H21N3O7. The molecule has 162 valence electrons. The van der Waals surface area contributed by atoms with Gasteiger partial charge in [-0.05, 0) is 24.6 Å². The fourth-order valence-electron chi connectivity index (χ4n) is 3.26. The van der Waals surface area contributed by atoms with Gasteiger partial charge in [0, 0.05) is 24.7 Å². The van der Waals surface area contributed by atoms with Crippen LogP contribution < -0.4 is 15.0 Å². The third-order valence-corrected chi connectivity index (χ3v) is 4.89. The Hall–Kier alpha value is -3.95. The summed E-state index contributed by atoms with van der Waals surface area (Å²) in [7, 11) is 1.34. The molecule has 10 heteroatoms. The number of hydrogen-bond donors (Lipinski definition) is 1. The Kier molecular flexibility index (Phi) is 6.49. The van der Waals surface area contributed by atoms with E-state index in [-0.39, 0.29) is 30.3 Å². The normalized spacial score (nSPS) is 15.5. The molecule has 1 saturated heterocycles. The second kappa shape index (κ2) is 9.24. The Balaban J connectivity index is 1.61. The van der Waals surface area contributed by atoms with Crippen LogP contribution in [0.4, 0.5) is 17.1 Å². The van der Waals surface area contributed by atoms with Gasteiger partial charge in [-0.2, -0.15) is 0 Å². The van der Waals surface area contributed by atoms with E-state index in [1.807, 2.05) is 19.1 Å². The summed E-state index contributed by atoms with van der Waals surface area (Å²) in [4.78, 5) is 48.6. The fourth-order valence-corrected chi connectivity index (χ4v) is 3.26. The first-order valence-corrected chi connectivity index (χ1v) is 9.45. The van der Waals surface area contributed by atoms with Crippen LogP contribution >= 0.6 is 0 Å². The van der Waals surface area contributed by atoms with Gasteiger partial charge in [-0.25, -0.2) is 0 Å². The molecule has 3 rings (SSSR count). The molecule has 1 aliphatic rings. The molecular weight excluding hydrogens is 406 g/mol. The summed E-state index contributed by atoms with van der Waals surface area (Å²) in [5.74, 6) is -2.12. The number of non-ortho nitro benzene ring substituents is 1. The van der Waals surface area contributed by atoms with Gasteiger partial charge in [-0.1, -0.05) is 18.2 Å². The maximum Gasteiger partial charge on any atom is 0.311 e. The van der Waals surface area contributed by atoms with E-state index in [1.165, 1.54) is 30.2 Å². The Labute approximate surface area is 177 Å². The van der Waals surface area contributed by atoms with Gasteiger partial charge >= 0.3 is 5.97 Å². The highest BCUT2D eigenvalue weighted by Gasteiger charge is 2.37. The van der Waals surface area contributed by atoms with Gasteiger partial charge < -0.3 is 19.7 Å². The van der Waals surface area contributed by atoms with Crippen molar-refractivity contribution in [2.24, 2.45) is 5.92 Å². The zero-order valence-corrected chi connectivity index (χ0v) is 17.0. The molecule has 1 fully saturated rings. The van der Waals surface area contributed by atoms with Crippen LogP contribution in [-0.2, 0) is 19.1 Å². The van der Waals surface area contributed by atoms with Gasteiger partial charge in [0.15, 0.2) is 6.61 Å². The number of benzene rings is 2. The van der Waals surface area contributed by atoms with Crippen LogP contribution in [0.3, 0.4) is 0 Å². The Morgan fingerprint density at radius 1 is 1.26 bits per heavy atom. The summed E-state index contributed by atoms with van der Waals surface area (Å²) in [6, 6.07) is 11.1. The van der Waals surface area contributed by atoms with Gasteiger partial charge in [0.05, 0.1) is 29.7 Å². The number of nitro groups is 1. The lowest BCUT2D eigenvalue weighted by molar-refractivity contribution is -0.384. The largest absolute Gasteiger partial charge is 0.494 e. The minimum atomic E-state index is -0.765. The molecule has 0 radical (unpaired) electrons. The lowest BCUT2D eigenvalue weighted by atomic mass is 10.1. The molecule has 0 aromatic heterocycles. The number of rotatable bonds is 7. The number of nitrogens with one attached hydrogen (secondary N) is 1. The van der Waals surface area contributed by atoms with Crippen LogP contribution in [0, 0.1) is 23.0 Å². The standard InChI is InChI=1S/C21H21N3O7/c1-13-5-3-4-6-16(13)22-19(25)12-31-21(27)14-9-20(26)23(11-14)17-8-7-15(24(28)29)10-18(17)30-2/h3-8,10,14H,9,11-12H2,1-2H3,(H,22,25)/t14-/m0/s1. The van der Waals surface area contributed by atoms with Crippen molar-refractivity contribution in [2.45, 2.75) is 13.3 Å². The van der Waals surface area contributed by atoms with E-state index in [0.717, 1.165) is 5.56 Å². The maximum atomic E-state index is 12.4. The molecule has 1 atom stereocenters. The summed E-state index contributed by atoms with van der Waals surface area (Å²) < 4.78 is 10.3. The zero-order valence-electron chi connectivity index (χ0n) is 17.0. The lowest BCUT2D eigenvalue weighted by Gasteiger charge is -2.19. The molecule has 0 spiro atoms. The molecule has 0 unspecified atom stereocenters. The van der Waals surface area contributed by atoms with Crippen molar-refractivity contribution in [1.82, 2.24) is 0 Å². The van der Waals surface area contributed by atoms with Gasteiger partial charge in [-0.15, -0.1) is 0 Å². The molecule has 1 aliphatic heterocycles. The number of para-hydroxylation sites is 1. The summed E-state index contributed by atoms with van der Waals surface area (Å²) in [5, 5.41) is 13.6. The predicted octanol–water partition coefficient (Wildman–Crippen LogP) is 2.45. The minimum absolute atomic E-state index is 0.0191. The number of aryl methyl sites for hydroxylation is 1. The average Bonchev–Trinajstić information content (AvgIpc) is 3.14. The molecule has 2 aromatic carbocycles. The SMILES string of the molecule is COc1cc([N+](=O)[O-])ccc1N1C[C@@H](C(=O)OCC(=O)Nc2ccccc2C)CC1=O. The van der Waals surface area contributed by atoms with Gasteiger partial charge in [0.1, 0.15) is 5.75 Å². The number of carbonyl (C=O) groups is 3. The molecule has 0 bridgehead atoms. The topological polar surface area (TPSA) is 128 Å². The molecule has 31 heavy (non-hydrogen) atoms. The van der Waals surface area contributed by atoms with Crippen LogP contribution in [0.25, 0.3) is 0 Å². The minimum Gasteiger partial charge on any atom is -0.494 e. The summed E-state index contributed by atoms with van der Waals surface area (Å²) >= 11 is 0. The number of nitrogens with zero attached hydrogens (tertiary/aromatic N) is 2. The number of esters is 1. The fraction of sp³-hybridized carbons (Fsp3) is 0.286. The Morgan fingerprint density at radius 3 is 2.68 bits per heavy atom. The highest BCUT2D eigenvalue weighted by Crippen LogP contribution is 2.35. The first kappa shape index (κ1) is 21.8. The Bertz CT molecular complexity index is 1040. The Morgan fingerprint density at radius 2 is 2.00 bits per heavy atom. The van der Waals surface area contributed by atoms with Crippen LogP contribution in [0.2, 0.25) is 0 Å². The van der Waals surface area contributed by atoms with Crippen molar-refractivity contribution >= 4 is 34.8 Å². The van der Waals surface area contributed by atoms with Crippen molar-refractivity contribution < 1.29 is 28.8 Å². The summed E-state index contributed by atoms with van der Waals surface area (Å²) in [6.45, 7) is 1.39. The van der Waals surface area contributed by atoms with E-state index in [2.05, 4.69) is 5.32 Å². The van der Waals surface area contributed by atoms with Gasteiger partial charge in [0.25, 0.3) is 11.6 Å². The number of carbonyl (C=O) groups excluding carboxylic acids is 3. The second-order valence-corrected chi connectivity index (χ2v) is 6.99. The van der Waals surface area contributed by atoms with E-state index in [4.69, 9.17) is 9.47 Å². The monoisotopic (exact) mass is 427 g/mol. The number of amides is 2. The third-order valence-electron chi connectivity index (χ3n) is 4.89. The molecule has 0 aliphatic carbocycles. The van der Waals surface area contributed by atoms with Crippen molar-refractivity contribution in [3.63, 3.8) is 0 Å². The quantitative estimate of drug-likeness (QED) is 0.408. The number of anilines is 2. The molecule has 1 heterocycles. The van der Waals surface area contributed by atoms with Crippen molar-refractivity contribution in [1.29, 1.82) is 0 Å². The predicted molar refractivity (Wildman–Crippen MR) is 111 cm³/mol. The van der Waals surface area contributed by atoms with Gasteiger partial charge in [0.2, 0.25) is 5.91 Å². The summed E-state index contributed by atoms with van der Waals surface area (Å²) in [6.07, 6.45) is -0.0988. The van der Waals surface area contributed by atoms with E-state index < -0.39 is 29.3 Å². The van der Waals surface area contributed by atoms with Crippen molar-refractivity contribution in [2.75, 3.05) is 30.5 Å². The molecule has 2 aromatic rings. The molecule has 10 nitrogen and oxygen atoms in total. The molecule has 0 saturated carbocycles. The molecule has 2 amide bonds. The number of ether oxygens (including phenoxy) is 2. The third kappa shape index (κ3) is 4.97. The van der Waals surface area contributed by atoms with Crippen LogP contribution in [0.1, 0.15) is 12.0 Å². The number of hydrogen-bond acceptors (Lipinski definition) is 7. The number of methoxy groups -OCH3 is 1. The molecule has 1 N–H and O–H groups in total. The van der Waals surface area contributed by atoms with Gasteiger partial charge in [-0.3, -0.25) is 24.5 Å². The second-order valence-electron chi connectivity index (χ2n) is 6.99. The first-order chi connectivity index (χ1) is 14.8. The zero-order chi connectivity index (χ0) is 22.5. The average molecular weight is 427 g/mol. The van der Waals surface area contributed by atoms with Crippen LogP contribution in [-0.4, -0.2) is 43.0 Å².